The number of halogens is 1. The van der Waals surface area contributed by atoms with Crippen LogP contribution in [0.3, 0.4) is 0 Å². The van der Waals surface area contributed by atoms with Crippen molar-refractivity contribution in [3.8, 4) is 0 Å². The highest BCUT2D eigenvalue weighted by Gasteiger charge is 2.03. The smallest absolute Gasteiger partial charge is 0.170 e. The molecule has 3 heteroatoms. The zero-order valence-corrected chi connectivity index (χ0v) is 9.48. The van der Waals surface area contributed by atoms with E-state index in [1.165, 1.54) is 25.7 Å². The minimum Gasteiger partial charge on any atom is -0.355 e. The van der Waals surface area contributed by atoms with E-state index < -0.39 is 0 Å². The van der Waals surface area contributed by atoms with Crippen LogP contribution in [0.25, 0.3) is 0 Å². The lowest BCUT2D eigenvalue weighted by molar-refractivity contribution is -0.109. The Morgan fingerprint density at radius 2 is 1.85 bits per heavy atom. The van der Waals surface area contributed by atoms with Crippen LogP contribution in [0.15, 0.2) is 0 Å². The predicted octanol–water partition coefficient (Wildman–Crippen LogP) is 3.18. The largest absolute Gasteiger partial charge is 0.355 e. The van der Waals surface area contributed by atoms with Gasteiger partial charge in [-0.25, -0.2) is 0 Å². The van der Waals surface area contributed by atoms with Gasteiger partial charge in [0, 0.05) is 13.7 Å². The van der Waals surface area contributed by atoms with Gasteiger partial charge in [-0.2, -0.15) is 0 Å². The highest BCUT2D eigenvalue weighted by atomic mass is 35.5. The first-order valence-electron chi connectivity index (χ1n) is 5.05. The molecule has 1 atom stereocenters. The quantitative estimate of drug-likeness (QED) is 0.329. The SMILES string of the molecule is CCCCCCCOC(CCl)OC. The van der Waals surface area contributed by atoms with E-state index in [2.05, 4.69) is 6.92 Å². The summed E-state index contributed by atoms with van der Waals surface area (Å²) in [7, 11) is 1.62. The summed E-state index contributed by atoms with van der Waals surface area (Å²) in [6.45, 7) is 2.97. The van der Waals surface area contributed by atoms with Gasteiger partial charge in [0.25, 0.3) is 0 Å². The van der Waals surface area contributed by atoms with Gasteiger partial charge in [0.05, 0.1) is 5.88 Å². The van der Waals surface area contributed by atoms with Crippen molar-refractivity contribution >= 4 is 11.6 Å². The molecule has 0 aliphatic carbocycles. The normalized spacial score (nSPS) is 13.2. The molecule has 1 unspecified atom stereocenters. The fraction of sp³-hybridized carbons (Fsp3) is 1.00. The maximum atomic E-state index is 5.58. The van der Waals surface area contributed by atoms with Crippen molar-refractivity contribution in [3.05, 3.63) is 0 Å². The van der Waals surface area contributed by atoms with Crippen LogP contribution in [0.1, 0.15) is 39.0 Å². The van der Waals surface area contributed by atoms with Crippen LogP contribution in [0.5, 0.6) is 0 Å². The number of unbranched alkanes of at least 4 members (excludes halogenated alkanes) is 4. The average molecular weight is 209 g/mol. The number of hydrogen-bond donors (Lipinski definition) is 0. The first kappa shape index (κ1) is 13.2. The Balaban J connectivity index is 3.05. The Morgan fingerprint density at radius 3 is 2.38 bits per heavy atom. The Bertz CT molecular complexity index is 94.9. The maximum absolute atomic E-state index is 5.58. The summed E-state index contributed by atoms with van der Waals surface area (Å²) >= 11 is 5.58. The molecule has 0 aromatic heterocycles. The van der Waals surface area contributed by atoms with Crippen LogP contribution in [0.4, 0.5) is 0 Å². The lowest BCUT2D eigenvalue weighted by Gasteiger charge is -2.12. The molecule has 2 nitrogen and oxygen atoms in total. The van der Waals surface area contributed by atoms with Crippen molar-refractivity contribution in [2.45, 2.75) is 45.3 Å². The molecule has 0 amide bonds. The van der Waals surface area contributed by atoms with Crippen molar-refractivity contribution in [1.29, 1.82) is 0 Å². The van der Waals surface area contributed by atoms with Crippen molar-refractivity contribution < 1.29 is 9.47 Å². The van der Waals surface area contributed by atoms with Gasteiger partial charge in [0.15, 0.2) is 6.29 Å². The van der Waals surface area contributed by atoms with Gasteiger partial charge >= 0.3 is 0 Å². The predicted molar refractivity (Wildman–Crippen MR) is 56.2 cm³/mol. The molecule has 80 valence electrons. The molecule has 0 aromatic carbocycles. The summed E-state index contributed by atoms with van der Waals surface area (Å²) in [6, 6.07) is 0. The van der Waals surface area contributed by atoms with E-state index in [1.54, 1.807) is 7.11 Å². The molecule has 0 spiro atoms. The summed E-state index contributed by atoms with van der Waals surface area (Å²) in [5.74, 6) is 0.408. The number of ether oxygens (including phenoxy) is 2. The monoisotopic (exact) mass is 208 g/mol. The third-order valence-corrected chi connectivity index (χ3v) is 2.19. The van der Waals surface area contributed by atoms with Gasteiger partial charge in [-0.05, 0) is 6.42 Å². The van der Waals surface area contributed by atoms with Crippen molar-refractivity contribution in [3.63, 3.8) is 0 Å². The fourth-order valence-electron chi connectivity index (χ4n) is 1.10. The zero-order chi connectivity index (χ0) is 9.94. The van der Waals surface area contributed by atoms with E-state index in [-0.39, 0.29) is 6.29 Å². The Morgan fingerprint density at radius 1 is 1.15 bits per heavy atom. The molecule has 0 aromatic rings. The molecule has 13 heavy (non-hydrogen) atoms. The molecule has 0 radical (unpaired) electrons. The first-order valence-corrected chi connectivity index (χ1v) is 5.59. The Hall–Kier alpha value is 0.210. The second kappa shape index (κ2) is 10.3. The van der Waals surface area contributed by atoms with Crippen molar-refractivity contribution in [2.24, 2.45) is 0 Å². The summed E-state index contributed by atoms with van der Waals surface area (Å²) in [6.07, 6.45) is 6.03. The molecular formula is C10H21ClO2. The summed E-state index contributed by atoms with van der Waals surface area (Å²) in [5.41, 5.74) is 0. The number of methoxy groups -OCH3 is 1. The molecule has 0 bridgehead atoms. The van der Waals surface area contributed by atoms with Crippen LogP contribution in [-0.2, 0) is 9.47 Å². The van der Waals surface area contributed by atoms with Crippen LogP contribution < -0.4 is 0 Å². The summed E-state index contributed by atoms with van der Waals surface area (Å²) in [5, 5.41) is 0. The molecule has 0 N–H and O–H groups in total. The summed E-state index contributed by atoms with van der Waals surface area (Å²) in [4.78, 5) is 0. The van der Waals surface area contributed by atoms with E-state index in [9.17, 15) is 0 Å². The topological polar surface area (TPSA) is 18.5 Å². The van der Waals surface area contributed by atoms with Crippen molar-refractivity contribution in [2.75, 3.05) is 19.6 Å². The van der Waals surface area contributed by atoms with Gasteiger partial charge in [-0.15, -0.1) is 11.6 Å². The maximum Gasteiger partial charge on any atom is 0.170 e. The van der Waals surface area contributed by atoms with Gasteiger partial charge in [-0.1, -0.05) is 32.6 Å². The summed E-state index contributed by atoms with van der Waals surface area (Å²) < 4.78 is 10.3. The van der Waals surface area contributed by atoms with E-state index in [1.807, 2.05) is 0 Å². The third kappa shape index (κ3) is 8.54. The fourth-order valence-corrected chi connectivity index (χ4v) is 1.31. The molecule has 0 fully saturated rings. The molecule has 0 aliphatic rings. The van der Waals surface area contributed by atoms with E-state index in [4.69, 9.17) is 21.1 Å². The number of rotatable bonds is 9. The molecule has 0 saturated heterocycles. The standard InChI is InChI=1S/C10H21ClO2/c1-3-4-5-6-7-8-13-10(9-11)12-2/h10H,3-9H2,1-2H3. The lowest BCUT2D eigenvalue weighted by Crippen LogP contribution is -2.17. The Labute approximate surface area is 86.6 Å². The van der Waals surface area contributed by atoms with Gasteiger partial charge < -0.3 is 9.47 Å². The van der Waals surface area contributed by atoms with Crippen LogP contribution in [0, 0.1) is 0 Å². The highest BCUT2D eigenvalue weighted by Crippen LogP contribution is 2.04. The second-order valence-electron chi connectivity index (χ2n) is 3.10. The van der Waals surface area contributed by atoms with E-state index in [0.29, 0.717) is 5.88 Å². The van der Waals surface area contributed by atoms with Crippen LogP contribution in [0.2, 0.25) is 0 Å². The minimum atomic E-state index is -0.229. The molecule has 0 heterocycles. The van der Waals surface area contributed by atoms with Crippen LogP contribution in [-0.4, -0.2) is 25.9 Å². The lowest BCUT2D eigenvalue weighted by atomic mass is 10.2. The van der Waals surface area contributed by atoms with E-state index >= 15 is 0 Å². The molecule has 0 rings (SSSR count). The molecule has 0 saturated carbocycles. The van der Waals surface area contributed by atoms with Crippen molar-refractivity contribution in [1.82, 2.24) is 0 Å². The van der Waals surface area contributed by atoms with Gasteiger partial charge in [0.1, 0.15) is 0 Å². The van der Waals surface area contributed by atoms with Crippen LogP contribution >= 0.6 is 11.6 Å². The highest BCUT2D eigenvalue weighted by molar-refractivity contribution is 6.18. The molecule has 0 aliphatic heterocycles. The number of hydrogen-bond acceptors (Lipinski definition) is 2. The zero-order valence-electron chi connectivity index (χ0n) is 8.72. The second-order valence-corrected chi connectivity index (χ2v) is 3.41. The minimum absolute atomic E-state index is 0.229. The average Bonchev–Trinajstić information content (AvgIpc) is 2.17. The number of alkyl halides is 1. The molecular weight excluding hydrogens is 188 g/mol. The third-order valence-electron chi connectivity index (χ3n) is 1.94. The van der Waals surface area contributed by atoms with Gasteiger partial charge in [-0.3, -0.25) is 0 Å². The van der Waals surface area contributed by atoms with E-state index in [0.717, 1.165) is 13.0 Å². The Kier molecular flexibility index (Phi) is 10.5. The van der Waals surface area contributed by atoms with Gasteiger partial charge in [0.2, 0.25) is 0 Å². The first-order chi connectivity index (χ1) is 6.35.